The Morgan fingerprint density at radius 3 is 2.25 bits per heavy atom. The molecule has 0 atom stereocenters. The highest BCUT2D eigenvalue weighted by Gasteiger charge is 2.16. The van der Waals surface area contributed by atoms with Crippen LogP contribution in [0.1, 0.15) is 20.8 Å². The molecule has 1 rings (SSSR count). The Labute approximate surface area is 77.4 Å². The Hall–Kier alpha value is -0.440. The third-order valence-corrected chi connectivity index (χ3v) is 2.87. The van der Waals surface area contributed by atoms with Crippen LogP contribution in [0.15, 0.2) is 17.6 Å². The molecule has 1 aromatic heterocycles. The maximum absolute atomic E-state index is 4.37. The van der Waals surface area contributed by atoms with E-state index in [0.29, 0.717) is 0 Å². The van der Waals surface area contributed by atoms with Crippen molar-refractivity contribution >= 4 is 10.9 Å². The first kappa shape index (κ1) is 9.65. The van der Waals surface area contributed by atoms with Gasteiger partial charge in [0, 0.05) is 17.9 Å². The average molecular weight is 186 g/mol. The van der Waals surface area contributed by atoms with Crippen LogP contribution in [0.25, 0.3) is 0 Å². The fraction of sp³-hybridized carbons (Fsp3) is 0.667. The number of aromatic nitrogens is 2. The van der Waals surface area contributed by atoms with E-state index in [1.165, 1.54) is 5.16 Å². The minimum atomic E-state index is -0.0918. The normalized spacial score (nSPS) is 13.2. The molecule has 0 N–H and O–H groups in total. The summed E-state index contributed by atoms with van der Waals surface area (Å²) in [6.07, 6.45) is 8.43. The van der Waals surface area contributed by atoms with Crippen molar-refractivity contribution in [1.29, 1.82) is 0 Å². The van der Waals surface area contributed by atoms with E-state index < -0.39 is 0 Å². The lowest BCUT2D eigenvalue weighted by Gasteiger charge is -2.25. The molecule has 0 bridgehead atoms. The van der Waals surface area contributed by atoms with Crippen LogP contribution in [0.5, 0.6) is 0 Å². The molecule has 0 radical (unpaired) electrons. The zero-order valence-electron chi connectivity index (χ0n) is 8.50. The summed E-state index contributed by atoms with van der Waals surface area (Å²) in [5, 5.41) is 1.23. The van der Waals surface area contributed by atoms with Crippen molar-refractivity contribution in [2.75, 3.05) is 12.5 Å². The molecule has 0 saturated heterocycles. The molecule has 0 aromatic carbocycles. The lowest BCUT2D eigenvalue weighted by Crippen LogP contribution is -2.22. The van der Waals surface area contributed by atoms with E-state index in [4.69, 9.17) is 0 Å². The van der Waals surface area contributed by atoms with Gasteiger partial charge >= 0.3 is 0 Å². The van der Waals surface area contributed by atoms with Gasteiger partial charge in [0.1, 0.15) is 5.16 Å². The number of thiol groups is 1. The van der Waals surface area contributed by atoms with Gasteiger partial charge in [-0.05, 0) is 33.3 Å². The molecule has 3 heteroatoms. The predicted octanol–water partition coefficient (Wildman–Crippen LogP) is 2.26. The van der Waals surface area contributed by atoms with Gasteiger partial charge in [0.25, 0.3) is 0 Å². The summed E-state index contributed by atoms with van der Waals surface area (Å²) >= 11 is 0. The summed E-state index contributed by atoms with van der Waals surface area (Å²) in [4.78, 5) is 4.37. The van der Waals surface area contributed by atoms with E-state index in [9.17, 15) is 0 Å². The van der Waals surface area contributed by atoms with Crippen molar-refractivity contribution in [3.63, 3.8) is 0 Å². The van der Waals surface area contributed by atoms with Crippen LogP contribution in [0.2, 0.25) is 0 Å². The van der Waals surface area contributed by atoms with Crippen LogP contribution in [0, 0.1) is 0 Å². The van der Waals surface area contributed by atoms with Crippen molar-refractivity contribution in [3.05, 3.63) is 12.4 Å². The molecule has 1 heterocycles. The highest BCUT2D eigenvalue weighted by atomic mass is 32.2. The molecule has 0 spiro atoms. The van der Waals surface area contributed by atoms with E-state index >= 15 is 0 Å². The summed E-state index contributed by atoms with van der Waals surface area (Å²) in [7, 11) is -0.0918. The van der Waals surface area contributed by atoms with Crippen molar-refractivity contribution in [1.82, 2.24) is 9.55 Å². The minimum Gasteiger partial charge on any atom is -0.322 e. The molecule has 0 aliphatic carbocycles. The standard InChI is InChI=1S/C9H18N2S/c1-9(2,3)11-7-6-10-8(11)12(4)5/h6-7,12H,1-5H3. The smallest absolute Gasteiger partial charge is 0.147 e. The largest absolute Gasteiger partial charge is 0.322 e. The number of rotatable bonds is 1. The van der Waals surface area contributed by atoms with Gasteiger partial charge < -0.3 is 4.57 Å². The first-order valence-electron chi connectivity index (χ1n) is 4.14. The quantitative estimate of drug-likeness (QED) is 0.666. The maximum Gasteiger partial charge on any atom is 0.147 e. The highest BCUT2D eigenvalue weighted by molar-refractivity contribution is 8.15. The van der Waals surface area contributed by atoms with Crippen molar-refractivity contribution in [3.8, 4) is 0 Å². The zero-order valence-corrected chi connectivity index (χ0v) is 9.39. The van der Waals surface area contributed by atoms with Gasteiger partial charge in [-0.25, -0.2) is 15.9 Å². The molecule has 1 aromatic rings. The summed E-state index contributed by atoms with van der Waals surface area (Å²) in [6.45, 7) is 6.62. The number of imidazole rings is 1. The Kier molecular flexibility index (Phi) is 2.52. The maximum atomic E-state index is 4.37. The predicted molar refractivity (Wildman–Crippen MR) is 56.3 cm³/mol. The molecule has 0 fully saturated rings. The highest BCUT2D eigenvalue weighted by Crippen LogP contribution is 2.30. The molecule has 0 amide bonds. The first-order valence-corrected chi connectivity index (χ1v) is 6.37. The number of hydrogen-bond acceptors (Lipinski definition) is 1. The monoisotopic (exact) mass is 186 g/mol. The summed E-state index contributed by atoms with van der Waals surface area (Å²) in [5.74, 6) is 0. The zero-order chi connectivity index (χ0) is 9.35. The van der Waals surface area contributed by atoms with Gasteiger partial charge in [-0.1, -0.05) is 0 Å². The van der Waals surface area contributed by atoms with Gasteiger partial charge in [-0.3, -0.25) is 0 Å². The van der Waals surface area contributed by atoms with E-state index in [2.05, 4.69) is 49.0 Å². The van der Waals surface area contributed by atoms with Crippen molar-refractivity contribution in [2.24, 2.45) is 0 Å². The molecule has 0 saturated carbocycles. The van der Waals surface area contributed by atoms with Gasteiger partial charge in [0.2, 0.25) is 0 Å². The molecule has 0 unspecified atom stereocenters. The molecule has 12 heavy (non-hydrogen) atoms. The lowest BCUT2D eigenvalue weighted by molar-refractivity contribution is 0.367. The van der Waals surface area contributed by atoms with Crippen molar-refractivity contribution < 1.29 is 0 Å². The SMILES string of the molecule is C[SH](C)c1nccn1C(C)(C)C. The fourth-order valence-electron chi connectivity index (χ4n) is 1.15. The lowest BCUT2D eigenvalue weighted by atomic mass is 10.1. The second-order valence-electron chi connectivity index (χ2n) is 4.16. The average Bonchev–Trinajstić information content (AvgIpc) is 2.30. The van der Waals surface area contributed by atoms with Crippen LogP contribution in [0.3, 0.4) is 0 Å². The van der Waals surface area contributed by atoms with Crippen molar-refractivity contribution in [2.45, 2.75) is 31.5 Å². The molecular weight excluding hydrogens is 168 g/mol. The van der Waals surface area contributed by atoms with Crippen LogP contribution in [-0.4, -0.2) is 22.1 Å². The van der Waals surface area contributed by atoms with E-state index in [0.717, 1.165) is 0 Å². The molecule has 70 valence electrons. The van der Waals surface area contributed by atoms with Crippen LogP contribution in [-0.2, 0) is 5.54 Å². The topological polar surface area (TPSA) is 17.8 Å². The molecule has 0 aliphatic rings. The van der Waals surface area contributed by atoms with Gasteiger partial charge in [-0.2, -0.15) is 0 Å². The van der Waals surface area contributed by atoms with E-state index in [1.54, 1.807) is 0 Å². The second kappa shape index (κ2) is 3.13. The van der Waals surface area contributed by atoms with Crippen LogP contribution < -0.4 is 0 Å². The van der Waals surface area contributed by atoms with E-state index in [1.807, 2.05) is 6.20 Å². The minimum absolute atomic E-state index is 0.0918. The van der Waals surface area contributed by atoms with Gasteiger partial charge in [0.15, 0.2) is 0 Å². The third kappa shape index (κ3) is 1.83. The Balaban J connectivity index is 3.08. The summed E-state index contributed by atoms with van der Waals surface area (Å²) in [6, 6.07) is 0. The van der Waals surface area contributed by atoms with Crippen LogP contribution >= 0.6 is 10.9 Å². The fourth-order valence-corrected chi connectivity index (χ4v) is 2.25. The summed E-state index contributed by atoms with van der Waals surface area (Å²) < 4.78 is 2.26. The molecule has 2 nitrogen and oxygen atoms in total. The Bertz CT molecular complexity index is 258. The first-order chi connectivity index (χ1) is 5.43. The Morgan fingerprint density at radius 2 is 1.92 bits per heavy atom. The molecular formula is C9H18N2S. The summed E-state index contributed by atoms with van der Waals surface area (Å²) in [5.41, 5.74) is 0.165. The second-order valence-corrected chi connectivity index (χ2v) is 6.35. The van der Waals surface area contributed by atoms with Crippen LogP contribution in [0.4, 0.5) is 0 Å². The van der Waals surface area contributed by atoms with Gasteiger partial charge in [-0.15, -0.1) is 0 Å². The van der Waals surface area contributed by atoms with Gasteiger partial charge in [0.05, 0.1) is 0 Å². The number of nitrogens with zero attached hydrogens (tertiary/aromatic N) is 2. The Morgan fingerprint density at radius 1 is 1.33 bits per heavy atom. The third-order valence-electron chi connectivity index (χ3n) is 1.74. The molecule has 0 aliphatic heterocycles. The number of hydrogen-bond donors (Lipinski definition) is 1. The van der Waals surface area contributed by atoms with E-state index in [-0.39, 0.29) is 16.4 Å².